The van der Waals surface area contributed by atoms with E-state index in [1.165, 1.54) is 25.3 Å². The molecule has 0 saturated heterocycles. The second kappa shape index (κ2) is 4.96. The maximum absolute atomic E-state index is 11.2. The van der Waals surface area contributed by atoms with Crippen molar-refractivity contribution >= 4 is 23.5 Å². The molecule has 0 bridgehead atoms. The van der Waals surface area contributed by atoms with Gasteiger partial charge in [0.25, 0.3) is 0 Å². The van der Waals surface area contributed by atoms with Crippen molar-refractivity contribution in [3.8, 4) is 0 Å². The monoisotopic (exact) mass is 243 g/mol. The van der Waals surface area contributed by atoms with Gasteiger partial charge in [-0.3, -0.25) is 4.79 Å². The number of carbonyl (C=O) groups is 2. The lowest BCUT2D eigenvalue weighted by Gasteiger charge is -2.08. The molecule has 0 fully saturated rings. The van der Waals surface area contributed by atoms with Crippen LogP contribution in [0, 0.1) is 0 Å². The van der Waals surface area contributed by atoms with Crippen LogP contribution in [0.5, 0.6) is 0 Å². The topological polar surface area (TPSA) is 89.6 Å². The SMILES string of the molecule is COC(=O)c1ccc(C(N)C(=O)O)cc1Cl. The van der Waals surface area contributed by atoms with Gasteiger partial charge in [-0.25, -0.2) is 4.79 Å². The molecule has 3 N–H and O–H groups in total. The zero-order valence-corrected chi connectivity index (χ0v) is 9.19. The third-order valence-electron chi connectivity index (χ3n) is 2.02. The first-order valence-electron chi connectivity index (χ1n) is 4.33. The summed E-state index contributed by atoms with van der Waals surface area (Å²) in [5, 5.41) is 8.80. The van der Waals surface area contributed by atoms with Crippen LogP contribution in [-0.4, -0.2) is 24.2 Å². The van der Waals surface area contributed by atoms with Crippen LogP contribution in [0.25, 0.3) is 0 Å². The lowest BCUT2D eigenvalue weighted by atomic mass is 10.1. The van der Waals surface area contributed by atoms with Crippen molar-refractivity contribution in [3.05, 3.63) is 34.3 Å². The number of rotatable bonds is 3. The molecule has 1 unspecified atom stereocenters. The summed E-state index contributed by atoms with van der Waals surface area (Å²) in [5.41, 5.74) is 5.89. The van der Waals surface area contributed by atoms with Crippen LogP contribution in [0.4, 0.5) is 0 Å². The molecule has 0 saturated carbocycles. The van der Waals surface area contributed by atoms with Crippen LogP contribution in [0.3, 0.4) is 0 Å². The fraction of sp³-hybridized carbons (Fsp3) is 0.200. The van der Waals surface area contributed by atoms with Crippen molar-refractivity contribution in [2.75, 3.05) is 7.11 Å². The number of hydrogen-bond donors (Lipinski definition) is 2. The zero-order chi connectivity index (χ0) is 12.3. The lowest BCUT2D eigenvalue weighted by molar-refractivity contribution is -0.138. The van der Waals surface area contributed by atoms with Gasteiger partial charge in [-0.2, -0.15) is 0 Å². The second-order valence-electron chi connectivity index (χ2n) is 3.05. The van der Waals surface area contributed by atoms with Crippen LogP contribution in [-0.2, 0) is 9.53 Å². The molecule has 0 radical (unpaired) electrons. The molecule has 1 atom stereocenters. The highest BCUT2D eigenvalue weighted by molar-refractivity contribution is 6.33. The highest BCUT2D eigenvalue weighted by atomic mass is 35.5. The number of hydrogen-bond acceptors (Lipinski definition) is 4. The Bertz CT molecular complexity index is 433. The Morgan fingerprint density at radius 1 is 1.50 bits per heavy atom. The standard InChI is InChI=1S/C10H10ClNO4/c1-16-10(15)6-3-2-5(4-7(6)11)8(12)9(13)14/h2-4,8H,12H2,1H3,(H,13,14). The summed E-state index contributed by atoms with van der Waals surface area (Å²) in [4.78, 5) is 21.8. The van der Waals surface area contributed by atoms with E-state index < -0.39 is 18.0 Å². The quantitative estimate of drug-likeness (QED) is 0.779. The lowest BCUT2D eigenvalue weighted by Crippen LogP contribution is -2.20. The number of carbonyl (C=O) groups excluding carboxylic acids is 1. The summed E-state index contributed by atoms with van der Waals surface area (Å²) in [6.45, 7) is 0. The Kier molecular flexibility index (Phi) is 3.87. The fourth-order valence-corrected chi connectivity index (χ4v) is 1.41. The number of benzene rings is 1. The Hall–Kier alpha value is -1.59. The first-order chi connectivity index (χ1) is 7.47. The Balaban J connectivity index is 3.08. The van der Waals surface area contributed by atoms with E-state index in [4.69, 9.17) is 22.4 Å². The van der Waals surface area contributed by atoms with Gasteiger partial charge in [0.1, 0.15) is 6.04 Å². The summed E-state index contributed by atoms with van der Waals surface area (Å²) in [6, 6.07) is 2.99. The third-order valence-corrected chi connectivity index (χ3v) is 2.34. The van der Waals surface area contributed by atoms with Gasteiger partial charge in [0.15, 0.2) is 0 Å². The summed E-state index contributed by atoms with van der Waals surface area (Å²) in [5.74, 6) is -1.75. The van der Waals surface area contributed by atoms with Gasteiger partial charge < -0.3 is 15.6 Å². The molecule has 16 heavy (non-hydrogen) atoms. The smallest absolute Gasteiger partial charge is 0.339 e. The average molecular weight is 244 g/mol. The van der Waals surface area contributed by atoms with E-state index >= 15 is 0 Å². The summed E-state index contributed by atoms with van der Waals surface area (Å²) in [7, 11) is 1.23. The van der Waals surface area contributed by atoms with Crippen molar-refractivity contribution in [2.45, 2.75) is 6.04 Å². The van der Waals surface area contributed by atoms with Gasteiger partial charge in [-0.15, -0.1) is 0 Å². The summed E-state index contributed by atoms with van der Waals surface area (Å²) >= 11 is 5.80. The molecule has 1 rings (SSSR count). The Morgan fingerprint density at radius 3 is 2.56 bits per heavy atom. The van der Waals surface area contributed by atoms with Crippen LogP contribution in [0.1, 0.15) is 22.0 Å². The minimum atomic E-state index is -1.16. The van der Waals surface area contributed by atoms with E-state index in [1.54, 1.807) is 0 Å². The van der Waals surface area contributed by atoms with E-state index in [0.29, 0.717) is 5.56 Å². The average Bonchev–Trinajstić information content (AvgIpc) is 2.26. The molecular formula is C10H10ClNO4. The van der Waals surface area contributed by atoms with Crippen molar-refractivity contribution < 1.29 is 19.4 Å². The molecule has 0 heterocycles. The van der Waals surface area contributed by atoms with Crippen molar-refractivity contribution in [2.24, 2.45) is 5.73 Å². The molecular weight excluding hydrogens is 234 g/mol. The zero-order valence-electron chi connectivity index (χ0n) is 8.44. The number of nitrogens with two attached hydrogens (primary N) is 1. The molecule has 5 nitrogen and oxygen atoms in total. The fourth-order valence-electron chi connectivity index (χ4n) is 1.14. The van der Waals surface area contributed by atoms with E-state index in [9.17, 15) is 9.59 Å². The molecule has 0 aliphatic heterocycles. The van der Waals surface area contributed by atoms with Crippen LogP contribution >= 0.6 is 11.6 Å². The number of methoxy groups -OCH3 is 1. The van der Waals surface area contributed by atoms with E-state index in [2.05, 4.69) is 4.74 Å². The van der Waals surface area contributed by atoms with Gasteiger partial charge >= 0.3 is 11.9 Å². The first-order valence-corrected chi connectivity index (χ1v) is 4.71. The van der Waals surface area contributed by atoms with E-state index in [0.717, 1.165) is 0 Å². The minimum Gasteiger partial charge on any atom is -0.480 e. The number of halogens is 1. The van der Waals surface area contributed by atoms with Crippen molar-refractivity contribution in [1.82, 2.24) is 0 Å². The number of esters is 1. The maximum atomic E-state index is 11.2. The largest absolute Gasteiger partial charge is 0.480 e. The first kappa shape index (κ1) is 12.5. The molecule has 1 aromatic carbocycles. The maximum Gasteiger partial charge on any atom is 0.339 e. The molecule has 0 aromatic heterocycles. The number of carboxylic acid groups (broad SMARTS) is 1. The Morgan fingerprint density at radius 2 is 2.12 bits per heavy atom. The number of aliphatic carboxylic acids is 1. The molecule has 0 amide bonds. The van der Waals surface area contributed by atoms with Crippen LogP contribution in [0.15, 0.2) is 18.2 Å². The molecule has 86 valence electrons. The number of ether oxygens (including phenoxy) is 1. The predicted molar refractivity (Wildman–Crippen MR) is 57.4 cm³/mol. The van der Waals surface area contributed by atoms with Gasteiger partial charge in [-0.1, -0.05) is 17.7 Å². The molecule has 0 aliphatic carbocycles. The minimum absolute atomic E-state index is 0.112. The van der Waals surface area contributed by atoms with Crippen LogP contribution < -0.4 is 5.73 Å². The predicted octanol–water partition coefficient (Wildman–Crippen LogP) is 1.21. The van der Waals surface area contributed by atoms with E-state index in [-0.39, 0.29) is 10.6 Å². The summed E-state index contributed by atoms with van der Waals surface area (Å²) < 4.78 is 4.49. The van der Waals surface area contributed by atoms with Gasteiger partial charge in [0.05, 0.1) is 17.7 Å². The normalized spacial score (nSPS) is 11.9. The molecule has 0 spiro atoms. The second-order valence-corrected chi connectivity index (χ2v) is 3.45. The van der Waals surface area contributed by atoms with Crippen LogP contribution in [0.2, 0.25) is 5.02 Å². The third kappa shape index (κ3) is 2.50. The van der Waals surface area contributed by atoms with Gasteiger partial charge in [0, 0.05) is 0 Å². The van der Waals surface area contributed by atoms with Crippen molar-refractivity contribution in [1.29, 1.82) is 0 Å². The Labute approximate surface area is 96.8 Å². The molecule has 6 heteroatoms. The van der Waals surface area contributed by atoms with E-state index in [1.807, 2.05) is 0 Å². The highest BCUT2D eigenvalue weighted by Crippen LogP contribution is 2.21. The van der Waals surface area contributed by atoms with Gasteiger partial charge in [0.2, 0.25) is 0 Å². The molecule has 0 aliphatic rings. The summed E-state index contributed by atoms with van der Waals surface area (Å²) in [6.07, 6.45) is 0. The van der Waals surface area contributed by atoms with Crippen molar-refractivity contribution in [3.63, 3.8) is 0 Å². The highest BCUT2D eigenvalue weighted by Gasteiger charge is 2.17. The molecule has 1 aromatic rings. The number of carboxylic acids is 1. The van der Waals surface area contributed by atoms with Gasteiger partial charge in [-0.05, 0) is 17.7 Å².